The minimum atomic E-state index is -0.589. The Balaban J connectivity index is 1.82. The molecule has 2 aromatic carbocycles. The number of fused-ring (bicyclic) bond motifs is 1. The molecule has 3 aromatic rings. The van der Waals surface area contributed by atoms with Crippen molar-refractivity contribution in [1.29, 1.82) is 0 Å². The second-order valence-electron chi connectivity index (χ2n) is 4.93. The first-order valence-corrected chi connectivity index (χ1v) is 7.14. The summed E-state index contributed by atoms with van der Waals surface area (Å²) in [7, 11) is 1.54. The Morgan fingerprint density at radius 2 is 1.96 bits per heavy atom. The highest BCUT2D eigenvalue weighted by Crippen LogP contribution is 2.26. The second kappa shape index (κ2) is 6.45. The van der Waals surface area contributed by atoms with E-state index in [1.165, 1.54) is 29.9 Å². The zero-order valence-corrected chi connectivity index (χ0v) is 12.8. The van der Waals surface area contributed by atoms with E-state index in [1.54, 1.807) is 18.2 Å². The maximum absolute atomic E-state index is 11.9. The van der Waals surface area contributed by atoms with Gasteiger partial charge in [-0.1, -0.05) is 12.1 Å². The molecule has 0 saturated heterocycles. The molecule has 1 aromatic heterocycles. The summed E-state index contributed by atoms with van der Waals surface area (Å²) in [5.74, 6) is 0.540. The number of hydrogen-bond donors (Lipinski definition) is 0. The van der Waals surface area contributed by atoms with Crippen LogP contribution in [0.1, 0.15) is 0 Å². The Morgan fingerprint density at radius 1 is 1.21 bits per heavy atom. The predicted molar refractivity (Wildman–Crippen MR) is 85.6 cm³/mol. The standard InChI is InChI=1S/C16H14N2O6/c1-22-14-4-2-3-5-15(14)23-9-8-17-12-10-11(18(20)21)6-7-13(12)24-16(17)19/h2-7,10H,8-9H2,1H3. The van der Waals surface area contributed by atoms with Crippen molar-refractivity contribution < 1.29 is 18.8 Å². The maximum atomic E-state index is 11.9. The highest BCUT2D eigenvalue weighted by Gasteiger charge is 2.14. The molecule has 0 fully saturated rings. The fourth-order valence-electron chi connectivity index (χ4n) is 2.36. The number of methoxy groups -OCH3 is 1. The molecule has 8 nitrogen and oxygen atoms in total. The van der Waals surface area contributed by atoms with E-state index in [-0.39, 0.29) is 18.8 Å². The molecule has 0 spiro atoms. The van der Waals surface area contributed by atoms with E-state index in [1.807, 2.05) is 6.07 Å². The second-order valence-corrected chi connectivity index (χ2v) is 4.93. The Kier molecular flexibility index (Phi) is 4.19. The number of para-hydroxylation sites is 2. The van der Waals surface area contributed by atoms with E-state index in [0.29, 0.717) is 22.6 Å². The number of benzene rings is 2. The van der Waals surface area contributed by atoms with Crippen LogP contribution >= 0.6 is 0 Å². The maximum Gasteiger partial charge on any atom is 0.420 e. The molecule has 24 heavy (non-hydrogen) atoms. The monoisotopic (exact) mass is 330 g/mol. The number of hydrogen-bond acceptors (Lipinski definition) is 6. The van der Waals surface area contributed by atoms with Gasteiger partial charge in [0, 0.05) is 12.1 Å². The zero-order valence-electron chi connectivity index (χ0n) is 12.8. The summed E-state index contributed by atoms with van der Waals surface area (Å²) >= 11 is 0. The highest BCUT2D eigenvalue weighted by atomic mass is 16.6. The fourth-order valence-corrected chi connectivity index (χ4v) is 2.36. The van der Waals surface area contributed by atoms with E-state index in [4.69, 9.17) is 13.9 Å². The van der Waals surface area contributed by atoms with Gasteiger partial charge in [0.15, 0.2) is 17.1 Å². The van der Waals surface area contributed by atoms with Crippen LogP contribution in [0, 0.1) is 10.1 Å². The molecule has 0 amide bonds. The lowest BCUT2D eigenvalue weighted by Gasteiger charge is -2.10. The molecule has 0 aliphatic carbocycles. The van der Waals surface area contributed by atoms with Gasteiger partial charge in [0.1, 0.15) is 6.61 Å². The van der Waals surface area contributed by atoms with Gasteiger partial charge in [-0.3, -0.25) is 14.7 Å². The largest absolute Gasteiger partial charge is 0.493 e. The van der Waals surface area contributed by atoms with Gasteiger partial charge in [-0.15, -0.1) is 0 Å². The Hall–Kier alpha value is -3.29. The van der Waals surface area contributed by atoms with Crippen LogP contribution in [0.3, 0.4) is 0 Å². The molecular weight excluding hydrogens is 316 g/mol. The van der Waals surface area contributed by atoms with Crippen molar-refractivity contribution in [2.24, 2.45) is 0 Å². The molecule has 0 radical (unpaired) electrons. The van der Waals surface area contributed by atoms with Gasteiger partial charge in [-0.05, 0) is 18.2 Å². The highest BCUT2D eigenvalue weighted by molar-refractivity contribution is 5.75. The van der Waals surface area contributed by atoms with Crippen LogP contribution in [0.15, 0.2) is 51.7 Å². The number of nitrogens with zero attached hydrogens (tertiary/aromatic N) is 2. The summed E-state index contributed by atoms with van der Waals surface area (Å²) in [5, 5.41) is 10.9. The average molecular weight is 330 g/mol. The molecule has 0 aliphatic rings. The molecule has 0 saturated carbocycles. The minimum Gasteiger partial charge on any atom is -0.493 e. The van der Waals surface area contributed by atoms with E-state index in [2.05, 4.69) is 0 Å². The summed E-state index contributed by atoms with van der Waals surface area (Å²) in [6.45, 7) is 0.364. The van der Waals surface area contributed by atoms with E-state index >= 15 is 0 Å². The van der Waals surface area contributed by atoms with E-state index < -0.39 is 10.7 Å². The number of nitro groups is 1. The van der Waals surface area contributed by atoms with Gasteiger partial charge in [0.25, 0.3) is 5.69 Å². The number of ether oxygens (including phenoxy) is 2. The third-order valence-corrected chi connectivity index (χ3v) is 3.50. The lowest BCUT2D eigenvalue weighted by Crippen LogP contribution is -2.18. The van der Waals surface area contributed by atoms with Gasteiger partial charge < -0.3 is 13.9 Å². The van der Waals surface area contributed by atoms with Crippen molar-refractivity contribution in [1.82, 2.24) is 4.57 Å². The van der Waals surface area contributed by atoms with Crippen LogP contribution in [-0.2, 0) is 6.54 Å². The summed E-state index contributed by atoms with van der Waals surface area (Å²) in [6, 6.07) is 11.1. The Labute approximate surface area is 136 Å². The molecule has 0 atom stereocenters. The first-order valence-electron chi connectivity index (χ1n) is 7.14. The van der Waals surface area contributed by atoms with Crippen LogP contribution < -0.4 is 15.2 Å². The van der Waals surface area contributed by atoms with E-state index in [9.17, 15) is 14.9 Å². The van der Waals surface area contributed by atoms with Crippen LogP contribution in [0.2, 0.25) is 0 Å². The van der Waals surface area contributed by atoms with Crippen molar-refractivity contribution in [2.75, 3.05) is 13.7 Å². The molecule has 0 aliphatic heterocycles. The smallest absolute Gasteiger partial charge is 0.420 e. The van der Waals surface area contributed by atoms with Crippen LogP contribution in [-0.4, -0.2) is 23.2 Å². The Bertz CT molecular complexity index is 943. The van der Waals surface area contributed by atoms with Crippen molar-refractivity contribution in [3.63, 3.8) is 0 Å². The quantitative estimate of drug-likeness (QED) is 0.509. The molecule has 8 heteroatoms. The van der Waals surface area contributed by atoms with Gasteiger partial charge >= 0.3 is 5.76 Å². The number of oxazole rings is 1. The summed E-state index contributed by atoms with van der Waals surface area (Å²) in [6.07, 6.45) is 0. The topological polar surface area (TPSA) is 96.7 Å². The van der Waals surface area contributed by atoms with Crippen LogP contribution in [0.5, 0.6) is 11.5 Å². The summed E-state index contributed by atoms with van der Waals surface area (Å²) in [5.41, 5.74) is 0.545. The first-order chi connectivity index (χ1) is 11.6. The van der Waals surface area contributed by atoms with Crippen LogP contribution in [0.4, 0.5) is 5.69 Å². The summed E-state index contributed by atoms with van der Waals surface area (Å²) in [4.78, 5) is 22.3. The van der Waals surface area contributed by atoms with Gasteiger partial charge in [-0.2, -0.15) is 0 Å². The van der Waals surface area contributed by atoms with Crippen molar-refractivity contribution in [3.05, 3.63) is 63.1 Å². The molecule has 0 bridgehead atoms. The summed E-state index contributed by atoms with van der Waals surface area (Å²) < 4.78 is 17.2. The van der Waals surface area contributed by atoms with Crippen molar-refractivity contribution in [2.45, 2.75) is 6.54 Å². The van der Waals surface area contributed by atoms with Gasteiger partial charge in [-0.25, -0.2) is 4.79 Å². The van der Waals surface area contributed by atoms with E-state index in [0.717, 1.165) is 0 Å². The SMILES string of the molecule is COc1ccccc1OCCn1c(=O)oc2ccc([N+](=O)[O-])cc21. The molecule has 124 valence electrons. The van der Waals surface area contributed by atoms with Crippen LogP contribution in [0.25, 0.3) is 11.1 Å². The number of rotatable bonds is 6. The normalized spacial score (nSPS) is 10.7. The third-order valence-electron chi connectivity index (χ3n) is 3.50. The molecule has 3 rings (SSSR count). The lowest BCUT2D eigenvalue weighted by atomic mass is 10.3. The number of nitro benzene ring substituents is 1. The molecular formula is C16H14N2O6. The minimum absolute atomic E-state index is 0.109. The van der Waals surface area contributed by atoms with Gasteiger partial charge in [0.05, 0.1) is 24.1 Å². The van der Waals surface area contributed by atoms with Crippen molar-refractivity contribution >= 4 is 16.8 Å². The fraction of sp³-hybridized carbons (Fsp3) is 0.188. The Morgan fingerprint density at radius 3 is 2.67 bits per heavy atom. The number of aromatic nitrogens is 1. The molecule has 1 heterocycles. The number of non-ortho nitro benzene ring substituents is 1. The molecule has 0 unspecified atom stereocenters. The first kappa shape index (κ1) is 15.6. The lowest BCUT2D eigenvalue weighted by molar-refractivity contribution is -0.384. The zero-order chi connectivity index (χ0) is 17.1. The average Bonchev–Trinajstić information content (AvgIpc) is 2.90. The van der Waals surface area contributed by atoms with Crippen molar-refractivity contribution in [3.8, 4) is 11.5 Å². The van der Waals surface area contributed by atoms with Gasteiger partial charge in [0.2, 0.25) is 0 Å². The predicted octanol–water partition coefficient (Wildman–Crippen LogP) is 2.59. The molecule has 0 N–H and O–H groups in total. The third kappa shape index (κ3) is 2.94.